The van der Waals surface area contributed by atoms with E-state index in [-0.39, 0.29) is 0 Å². The van der Waals surface area contributed by atoms with Crippen molar-refractivity contribution in [2.24, 2.45) is 10.9 Å². The highest BCUT2D eigenvalue weighted by Gasteiger charge is 2.16. The lowest BCUT2D eigenvalue weighted by molar-refractivity contribution is 0.743. The second-order valence-corrected chi connectivity index (χ2v) is 5.78. The molecule has 0 amide bonds. The van der Waals surface area contributed by atoms with Crippen molar-refractivity contribution in [2.75, 3.05) is 18.8 Å². The van der Waals surface area contributed by atoms with Gasteiger partial charge in [0.1, 0.15) is 0 Å². The van der Waals surface area contributed by atoms with Gasteiger partial charge in [-0.2, -0.15) is 0 Å². The first-order valence-corrected chi connectivity index (χ1v) is 6.98. The van der Waals surface area contributed by atoms with Crippen LogP contribution < -0.4 is 11.1 Å². The Hall–Kier alpha value is -0.780. The van der Waals surface area contributed by atoms with Crippen molar-refractivity contribution in [3.63, 3.8) is 0 Å². The number of hydrogen-bond acceptors (Lipinski definition) is 3. The molecule has 3 N–H and O–H groups in total. The third kappa shape index (κ3) is 2.91. The highest BCUT2D eigenvalue weighted by Crippen LogP contribution is 2.24. The molecule has 92 valence electrons. The van der Waals surface area contributed by atoms with E-state index in [9.17, 15) is 0 Å². The van der Waals surface area contributed by atoms with Gasteiger partial charge in [0.25, 0.3) is 0 Å². The molecule has 0 saturated carbocycles. The van der Waals surface area contributed by atoms with Crippen LogP contribution in [-0.4, -0.2) is 18.9 Å². The minimum Gasteiger partial charge on any atom is -0.398 e. The molecule has 0 aliphatic carbocycles. The Kier molecular flexibility index (Phi) is 3.91. The Morgan fingerprint density at radius 2 is 2.29 bits per heavy atom. The molecule has 4 heteroatoms. The van der Waals surface area contributed by atoms with Crippen LogP contribution in [0.25, 0.3) is 0 Å². The molecule has 1 heterocycles. The number of anilines is 1. The number of hydrogen-bond donors (Lipinski definition) is 2. The number of aliphatic imine (C=N–C) groups is 1. The van der Waals surface area contributed by atoms with Crippen LogP contribution in [0.3, 0.4) is 0 Å². The molecule has 0 fully saturated rings. The molecule has 1 aromatic carbocycles. The number of nitrogens with one attached hydrogen (secondary N) is 1. The van der Waals surface area contributed by atoms with E-state index in [0.717, 1.165) is 34.6 Å². The van der Waals surface area contributed by atoms with Crippen LogP contribution in [0.15, 0.2) is 17.1 Å². The maximum absolute atomic E-state index is 6.13. The molecule has 1 aliphatic heterocycles. The first-order chi connectivity index (χ1) is 8.08. The lowest BCUT2D eigenvalue weighted by atomic mass is 9.97. The zero-order valence-electron chi connectivity index (χ0n) is 10.3. The highest BCUT2D eigenvalue weighted by molar-refractivity contribution is 14.1. The summed E-state index contributed by atoms with van der Waals surface area (Å²) in [5.41, 5.74) is 9.55. The number of amidine groups is 1. The van der Waals surface area contributed by atoms with E-state index in [0.29, 0.717) is 5.92 Å². The summed E-state index contributed by atoms with van der Waals surface area (Å²) >= 11 is 2.30. The largest absolute Gasteiger partial charge is 0.398 e. The maximum Gasteiger partial charge on any atom is 0.0996 e. The number of benzene rings is 1. The predicted molar refractivity (Wildman–Crippen MR) is 81.5 cm³/mol. The quantitative estimate of drug-likeness (QED) is 0.654. The van der Waals surface area contributed by atoms with Crippen molar-refractivity contribution in [1.82, 2.24) is 5.32 Å². The van der Waals surface area contributed by atoms with Crippen LogP contribution in [0.5, 0.6) is 0 Å². The summed E-state index contributed by atoms with van der Waals surface area (Å²) in [6, 6.07) is 4.30. The molecule has 0 saturated heterocycles. The zero-order valence-corrected chi connectivity index (χ0v) is 12.4. The third-order valence-corrected chi connectivity index (χ3v) is 3.95. The van der Waals surface area contributed by atoms with Crippen LogP contribution >= 0.6 is 22.6 Å². The minimum absolute atomic E-state index is 0.414. The first-order valence-electron chi connectivity index (χ1n) is 5.90. The zero-order chi connectivity index (χ0) is 12.4. The van der Waals surface area contributed by atoms with Gasteiger partial charge in [0, 0.05) is 21.7 Å². The second-order valence-electron chi connectivity index (χ2n) is 4.62. The molecule has 1 aliphatic rings. The number of nitrogens with zero attached hydrogens (tertiary/aromatic N) is 1. The fraction of sp³-hybridized carbons (Fsp3) is 0.462. The van der Waals surface area contributed by atoms with E-state index in [1.807, 2.05) is 0 Å². The summed E-state index contributed by atoms with van der Waals surface area (Å²) in [7, 11) is 0. The van der Waals surface area contributed by atoms with Gasteiger partial charge in [0.2, 0.25) is 0 Å². The summed E-state index contributed by atoms with van der Waals surface area (Å²) in [5.74, 6) is 1.54. The van der Waals surface area contributed by atoms with Crippen molar-refractivity contribution in [3.8, 4) is 0 Å². The van der Waals surface area contributed by atoms with E-state index in [2.05, 4.69) is 58.9 Å². The monoisotopic (exact) mass is 343 g/mol. The second kappa shape index (κ2) is 5.25. The molecule has 0 bridgehead atoms. The minimum atomic E-state index is 0.414. The van der Waals surface area contributed by atoms with E-state index in [1.165, 1.54) is 11.1 Å². The van der Waals surface area contributed by atoms with E-state index >= 15 is 0 Å². The lowest BCUT2D eigenvalue weighted by Gasteiger charge is -2.15. The SMILES string of the molecule is Cc1cc(I)c(N)c(C[C@H](C)C2=NCCN2)c1. The van der Waals surface area contributed by atoms with Crippen LogP contribution in [0, 0.1) is 16.4 Å². The average molecular weight is 343 g/mol. The highest BCUT2D eigenvalue weighted by atomic mass is 127. The number of nitrogens with two attached hydrogens (primary N) is 1. The molecule has 0 radical (unpaired) electrons. The van der Waals surface area contributed by atoms with Crippen LogP contribution in [0.4, 0.5) is 5.69 Å². The lowest BCUT2D eigenvalue weighted by Crippen LogP contribution is -2.26. The molecular formula is C13H18IN3. The number of rotatable bonds is 3. The molecule has 1 atom stereocenters. The number of aryl methyl sites for hydroxylation is 1. The molecule has 1 aromatic rings. The van der Waals surface area contributed by atoms with Gasteiger partial charge >= 0.3 is 0 Å². The molecular weight excluding hydrogens is 325 g/mol. The van der Waals surface area contributed by atoms with Gasteiger partial charge in [-0.3, -0.25) is 4.99 Å². The first kappa shape index (κ1) is 12.7. The van der Waals surface area contributed by atoms with Crippen molar-refractivity contribution in [2.45, 2.75) is 20.3 Å². The van der Waals surface area contributed by atoms with E-state index in [4.69, 9.17) is 5.73 Å². The summed E-state index contributed by atoms with van der Waals surface area (Å²) in [6.07, 6.45) is 0.954. The Morgan fingerprint density at radius 3 is 2.94 bits per heavy atom. The smallest absolute Gasteiger partial charge is 0.0996 e. The van der Waals surface area contributed by atoms with Crippen molar-refractivity contribution < 1.29 is 0 Å². The molecule has 0 unspecified atom stereocenters. The van der Waals surface area contributed by atoms with Gasteiger partial charge in [-0.15, -0.1) is 0 Å². The Labute approximate surface area is 116 Å². The van der Waals surface area contributed by atoms with Crippen molar-refractivity contribution in [3.05, 3.63) is 26.8 Å². The fourth-order valence-corrected chi connectivity index (χ4v) is 3.00. The van der Waals surface area contributed by atoms with Gasteiger partial charge < -0.3 is 11.1 Å². The van der Waals surface area contributed by atoms with Crippen LogP contribution in [0.2, 0.25) is 0 Å². The maximum atomic E-state index is 6.13. The molecule has 0 aromatic heterocycles. The molecule has 0 spiro atoms. The summed E-state index contributed by atoms with van der Waals surface area (Å²) in [6.45, 7) is 6.19. The summed E-state index contributed by atoms with van der Waals surface area (Å²) in [4.78, 5) is 4.47. The van der Waals surface area contributed by atoms with Crippen molar-refractivity contribution >= 4 is 34.1 Å². The van der Waals surface area contributed by atoms with Gasteiger partial charge in [-0.05, 0) is 53.1 Å². The summed E-state index contributed by atoms with van der Waals surface area (Å²) < 4.78 is 1.14. The average Bonchev–Trinajstić information content (AvgIpc) is 2.78. The number of halogens is 1. The topological polar surface area (TPSA) is 50.4 Å². The third-order valence-electron chi connectivity index (χ3n) is 3.05. The van der Waals surface area contributed by atoms with Crippen LogP contribution in [0.1, 0.15) is 18.1 Å². The van der Waals surface area contributed by atoms with Gasteiger partial charge in [0.05, 0.1) is 12.4 Å². The van der Waals surface area contributed by atoms with Gasteiger partial charge in [-0.25, -0.2) is 0 Å². The Balaban J connectivity index is 2.18. The van der Waals surface area contributed by atoms with E-state index in [1.54, 1.807) is 0 Å². The fourth-order valence-electron chi connectivity index (χ4n) is 2.17. The summed E-state index contributed by atoms with van der Waals surface area (Å²) in [5, 5.41) is 3.33. The van der Waals surface area contributed by atoms with Gasteiger partial charge in [-0.1, -0.05) is 13.0 Å². The predicted octanol–water partition coefficient (Wildman–Crippen LogP) is 2.36. The molecule has 3 nitrogen and oxygen atoms in total. The Morgan fingerprint density at radius 1 is 1.53 bits per heavy atom. The standard InChI is InChI=1S/C13H18IN3/c1-8-5-10(12(15)11(14)6-8)7-9(2)13-16-3-4-17-13/h5-6,9H,3-4,7,15H2,1-2H3,(H,16,17)/t9-/m0/s1. The van der Waals surface area contributed by atoms with E-state index < -0.39 is 0 Å². The number of nitrogen functional groups attached to an aromatic ring is 1. The Bertz CT molecular complexity index is 454. The molecule has 17 heavy (non-hydrogen) atoms. The molecule has 2 rings (SSSR count). The van der Waals surface area contributed by atoms with Crippen LogP contribution in [-0.2, 0) is 6.42 Å². The van der Waals surface area contributed by atoms with Gasteiger partial charge in [0.15, 0.2) is 0 Å². The van der Waals surface area contributed by atoms with Crippen molar-refractivity contribution in [1.29, 1.82) is 0 Å². The normalized spacial score (nSPS) is 16.5.